The first kappa shape index (κ1) is 19.6. The second-order valence-electron chi connectivity index (χ2n) is 5.68. The molecule has 25 heavy (non-hydrogen) atoms. The third-order valence-electron chi connectivity index (χ3n) is 4.06. The van der Waals surface area contributed by atoms with Crippen LogP contribution in [0.1, 0.15) is 5.01 Å². The van der Waals surface area contributed by atoms with Crippen LogP contribution in [0.2, 0.25) is 0 Å². The van der Waals surface area contributed by atoms with E-state index in [0.717, 1.165) is 24.6 Å². The summed E-state index contributed by atoms with van der Waals surface area (Å²) in [7, 11) is 1.69. The average Bonchev–Trinajstić information content (AvgIpc) is 3.23. The summed E-state index contributed by atoms with van der Waals surface area (Å²) in [5, 5.41) is 13.0. The van der Waals surface area contributed by atoms with Gasteiger partial charge in [0, 0.05) is 37.6 Å². The fourth-order valence-corrected chi connectivity index (χ4v) is 3.56. The van der Waals surface area contributed by atoms with Gasteiger partial charge in [-0.1, -0.05) is 0 Å². The minimum atomic E-state index is -5.08. The second kappa shape index (κ2) is 8.11. The SMILES string of the molecule is CNC(=O)[C@H]1CO[C@@H]2CN(Cc3nccs3)C[C@H]12.O=C(O)C(F)(F)F. The molecule has 0 radical (unpaired) electrons. The van der Waals surface area contributed by atoms with Gasteiger partial charge in [0.15, 0.2) is 0 Å². The Balaban J connectivity index is 0.000000277. The Hall–Kier alpha value is -1.72. The third kappa shape index (κ3) is 5.13. The lowest BCUT2D eigenvalue weighted by atomic mass is 9.92. The number of hydrogen-bond acceptors (Lipinski definition) is 6. The van der Waals surface area contributed by atoms with Crippen LogP contribution in [0.4, 0.5) is 13.2 Å². The summed E-state index contributed by atoms with van der Waals surface area (Å²) in [6.45, 7) is 3.29. The number of nitrogens with one attached hydrogen (secondary N) is 1. The maximum atomic E-state index is 11.8. The number of ether oxygens (including phenoxy) is 1. The molecular formula is C14H18F3N3O4S. The average molecular weight is 381 g/mol. The number of rotatable bonds is 3. The van der Waals surface area contributed by atoms with Crippen LogP contribution in [-0.4, -0.2) is 65.9 Å². The van der Waals surface area contributed by atoms with Gasteiger partial charge in [-0.3, -0.25) is 9.69 Å². The summed E-state index contributed by atoms with van der Waals surface area (Å²) in [5.74, 6) is -2.29. The Morgan fingerprint density at radius 3 is 2.68 bits per heavy atom. The third-order valence-corrected chi connectivity index (χ3v) is 4.82. The van der Waals surface area contributed by atoms with Gasteiger partial charge in [0.2, 0.25) is 5.91 Å². The number of aliphatic carboxylic acids is 1. The number of nitrogens with zero attached hydrogens (tertiary/aromatic N) is 2. The number of thiazole rings is 1. The highest BCUT2D eigenvalue weighted by atomic mass is 32.1. The molecule has 2 saturated heterocycles. The normalized spacial score (nSPS) is 25.8. The summed E-state index contributed by atoms with van der Waals surface area (Å²) < 4.78 is 37.5. The maximum Gasteiger partial charge on any atom is 0.490 e. The van der Waals surface area contributed by atoms with Crippen molar-refractivity contribution in [3.05, 3.63) is 16.6 Å². The van der Waals surface area contributed by atoms with E-state index in [1.807, 2.05) is 11.6 Å². The lowest BCUT2D eigenvalue weighted by Crippen LogP contribution is -2.34. The minimum absolute atomic E-state index is 0.0151. The van der Waals surface area contributed by atoms with Gasteiger partial charge >= 0.3 is 12.1 Å². The highest BCUT2D eigenvalue weighted by molar-refractivity contribution is 7.09. The Labute approximate surface area is 145 Å². The van der Waals surface area contributed by atoms with E-state index in [0.29, 0.717) is 12.5 Å². The smallest absolute Gasteiger partial charge is 0.475 e. The summed E-state index contributed by atoms with van der Waals surface area (Å²) in [6.07, 6.45) is -3.03. The van der Waals surface area contributed by atoms with Crippen molar-refractivity contribution < 1.29 is 32.6 Å². The number of carbonyl (C=O) groups is 2. The zero-order valence-corrected chi connectivity index (χ0v) is 14.1. The molecule has 2 aliphatic heterocycles. The Morgan fingerprint density at radius 1 is 1.48 bits per heavy atom. The fourth-order valence-electron chi connectivity index (χ4n) is 2.90. The van der Waals surface area contributed by atoms with Crippen LogP contribution in [0.25, 0.3) is 0 Å². The molecule has 2 aliphatic rings. The summed E-state index contributed by atoms with van der Waals surface area (Å²) in [5.41, 5.74) is 0. The molecule has 140 valence electrons. The lowest BCUT2D eigenvalue weighted by molar-refractivity contribution is -0.192. The van der Waals surface area contributed by atoms with E-state index >= 15 is 0 Å². The van der Waals surface area contributed by atoms with Crippen LogP contribution in [0, 0.1) is 11.8 Å². The number of amides is 1. The number of aromatic nitrogens is 1. The highest BCUT2D eigenvalue weighted by Gasteiger charge is 2.46. The van der Waals surface area contributed by atoms with Crippen molar-refractivity contribution in [2.45, 2.75) is 18.8 Å². The van der Waals surface area contributed by atoms with E-state index in [1.165, 1.54) is 0 Å². The van der Waals surface area contributed by atoms with Crippen molar-refractivity contribution in [3.63, 3.8) is 0 Å². The zero-order valence-electron chi connectivity index (χ0n) is 13.3. The van der Waals surface area contributed by atoms with Crippen molar-refractivity contribution >= 4 is 23.2 Å². The van der Waals surface area contributed by atoms with Gasteiger partial charge in [-0.15, -0.1) is 11.3 Å². The number of alkyl halides is 3. The van der Waals surface area contributed by atoms with Gasteiger partial charge in [0.1, 0.15) is 5.01 Å². The Morgan fingerprint density at radius 2 is 2.16 bits per heavy atom. The molecule has 0 bridgehead atoms. The van der Waals surface area contributed by atoms with Gasteiger partial charge in [0.25, 0.3) is 0 Å². The highest BCUT2D eigenvalue weighted by Crippen LogP contribution is 2.34. The Bertz CT molecular complexity index is 597. The second-order valence-corrected chi connectivity index (χ2v) is 6.66. The summed E-state index contributed by atoms with van der Waals surface area (Å²) >= 11 is 1.68. The number of carboxylic acid groups (broad SMARTS) is 1. The van der Waals surface area contributed by atoms with E-state index < -0.39 is 12.1 Å². The molecule has 2 fully saturated rings. The molecule has 3 heterocycles. The van der Waals surface area contributed by atoms with Crippen LogP contribution in [0.15, 0.2) is 11.6 Å². The van der Waals surface area contributed by atoms with E-state index in [9.17, 15) is 18.0 Å². The van der Waals surface area contributed by atoms with Gasteiger partial charge in [-0.2, -0.15) is 13.2 Å². The first-order valence-electron chi connectivity index (χ1n) is 7.46. The molecule has 7 nitrogen and oxygen atoms in total. The molecule has 0 spiro atoms. The van der Waals surface area contributed by atoms with Gasteiger partial charge < -0.3 is 15.2 Å². The van der Waals surface area contributed by atoms with E-state index in [1.54, 1.807) is 18.4 Å². The van der Waals surface area contributed by atoms with E-state index in [-0.39, 0.29) is 17.9 Å². The minimum Gasteiger partial charge on any atom is -0.475 e. The molecular weight excluding hydrogens is 363 g/mol. The van der Waals surface area contributed by atoms with E-state index in [2.05, 4.69) is 15.2 Å². The molecule has 1 amide bonds. The van der Waals surface area contributed by atoms with Crippen LogP contribution in [-0.2, 0) is 20.9 Å². The molecule has 0 unspecified atom stereocenters. The van der Waals surface area contributed by atoms with Crippen molar-refractivity contribution in [2.75, 3.05) is 26.7 Å². The van der Waals surface area contributed by atoms with Crippen molar-refractivity contribution in [1.82, 2.24) is 15.2 Å². The summed E-state index contributed by atoms with van der Waals surface area (Å²) in [6, 6.07) is 0. The molecule has 11 heteroatoms. The predicted octanol–water partition coefficient (Wildman–Crippen LogP) is 0.969. The number of hydrogen-bond donors (Lipinski definition) is 2. The topological polar surface area (TPSA) is 91.8 Å². The molecule has 3 rings (SSSR count). The van der Waals surface area contributed by atoms with Gasteiger partial charge in [0.05, 0.1) is 25.2 Å². The molecule has 0 aromatic carbocycles. The number of likely N-dealkylation sites (tertiary alicyclic amines) is 1. The monoisotopic (exact) mass is 381 g/mol. The number of halogens is 3. The molecule has 0 aliphatic carbocycles. The first-order chi connectivity index (χ1) is 11.7. The molecule has 3 atom stereocenters. The molecule has 1 aromatic rings. The molecule has 1 aromatic heterocycles. The first-order valence-corrected chi connectivity index (χ1v) is 8.34. The van der Waals surface area contributed by atoms with Crippen LogP contribution < -0.4 is 5.32 Å². The molecule has 0 saturated carbocycles. The zero-order chi connectivity index (χ0) is 18.6. The number of carbonyl (C=O) groups excluding carboxylic acids is 1. The Kier molecular flexibility index (Phi) is 6.36. The van der Waals surface area contributed by atoms with Crippen molar-refractivity contribution in [1.29, 1.82) is 0 Å². The van der Waals surface area contributed by atoms with Crippen LogP contribution in [0.3, 0.4) is 0 Å². The van der Waals surface area contributed by atoms with Gasteiger partial charge in [-0.25, -0.2) is 9.78 Å². The van der Waals surface area contributed by atoms with Crippen molar-refractivity contribution in [2.24, 2.45) is 11.8 Å². The van der Waals surface area contributed by atoms with Crippen LogP contribution in [0.5, 0.6) is 0 Å². The fraction of sp³-hybridized carbons (Fsp3) is 0.643. The van der Waals surface area contributed by atoms with Crippen molar-refractivity contribution in [3.8, 4) is 0 Å². The standard InChI is InChI=1S/C12H17N3O2S.C2HF3O2/c1-13-12(16)9-7-17-10-5-15(4-8(9)10)6-11-14-2-3-18-11;3-2(4,5)1(6)7/h2-3,8-10H,4-7H2,1H3,(H,13,16);(H,6,7)/t8-,9+,10-;/m1./s1. The maximum absolute atomic E-state index is 11.8. The quantitative estimate of drug-likeness (QED) is 0.811. The summed E-state index contributed by atoms with van der Waals surface area (Å²) in [4.78, 5) is 27.3. The number of fused-ring (bicyclic) bond motifs is 1. The lowest BCUT2D eigenvalue weighted by Gasteiger charge is -2.17. The largest absolute Gasteiger partial charge is 0.490 e. The van der Waals surface area contributed by atoms with Gasteiger partial charge in [-0.05, 0) is 0 Å². The number of carboxylic acids is 1. The predicted molar refractivity (Wildman–Crippen MR) is 81.9 cm³/mol. The van der Waals surface area contributed by atoms with Crippen LogP contribution >= 0.6 is 11.3 Å². The van der Waals surface area contributed by atoms with E-state index in [4.69, 9.17) is 14.6 Å². The molecule has 2 N–H and O–H groups in total.